The summed E-state index contributed by atoms with van der Waals surface area (Å²) in [7, 11) is 1.96. The van der Waals surface area contributed by atoms with Crippen LogP contribution in [0.2, 0.25) is 0 Å². The minimum absolute atomic E-state index is 0. The first-order chi connectivity index (χ1) is 9.00. The Labute approximate surface area is 131 Å². The largest absolute Gasteiger partial charge is 0.342 e. The first kappa shape index (κ1) is 19.7. The molecule has 1 aliphatic heterocycles. The van der Waals surface area contributed by atoms with E-state index in [1.165, 1.54) is 32.1 Å². The first-order valence-electron chi connectivity index (χ1n) is 7.98. The molecule has 1 rings (SSSR count). The zero-order chi connectivity index (χ0) is 14.3. The predicted molar refractivity (Wildman–Crippen MR) is 88.5 cm³/mol. The molecule has 120 valence electrons. The van der Waals surface area contributed by atoms with Crippen LogP contribution in [0, 0.1) is 5.92 Å². The third-order valence-corrected chi connectivity index (χ3v) is 4.27. The summed E-state index contributed by atoms with van der Waals surface area (Å²) in [6.07, 6.45) is 7.44. The van der Waals surface area contributed by atoms with Crippen LogP contribution < -0.4 is 0 Å². The highest BCUT2D eigenvalue weighted by molar-refractivity contribution is 5.85. The molecule has 20 heavy (non-hydrogen) atoms. The Morgan fingerprint density at radius 2 is 1.70 bits per heavy atom. The number of nitrogens with zero attached hydrogens (tertiary/aromatic N) is 2. The smallest absolute Gasteiger partial charge is 0.236 e. The van der Waals surface area contributed by atoms with Gasteiger partial charge < -0.3 is 4.90 Å². The zero-order valence-electron chi connectivity index (χ0n) is 13.7. The quantitative estimate of drug-likeness (QED) is 0.718. The van der Waals surface area contributed by atoms with E-state index in [4.69, 9.17) is 0 Å². The summed E-state index contributed by atoms with van der Waals surface area (Å²) >= 11 is 0. The van der Waals surface area contributed by atoms with Crippen LogP contribution in [-0.2, 0) is 4.79 Å². The summed E-state index contributed by atoms with van der Waals surface area (Å²) in [5.74, 6) is 1.06. The van der Waals surface area contributed by atoms with E-state index in [2.05, 4.69) is 25.7 Å². The summed E-state index contributed by atoms with van der Waals surface area (Å²) < 4.78 is 0. The number of likely N-dealkylation sites (tertiary alicyclic amines) is 1. The van der Waals surface area contributed by atoms with Crippen LogP contribution in [0.1, 0.15) is 59.3 Å². The minimum Gasteiger partial charge on any atom is -0.342 e. The molecule has 0 aromatic carbocycles. The van der Waals surface area contributed by atoms with Gasteiger partial charge in [-0.2, -0.15) is 0 Å². The maximum Gasteiger partial charge on any atom is 0.236 e. The molecule has 1 amide bonds. The van der Waals surface area contributed by atoms with E-state index in [9.17, 15) is 4.79 Å². The van der Waals surface area contributed by atoms with Gasteiger partial charge in [0.15, 0.2) is 0 Å². The van der Waals surface area contributed by atoms with Crippen molar-refractivity contribution >= 4 is 18.3 Å². The number of piperidine rings is 1. The number of halogens is 1. The van der Waals surface area contributed by atoms with Crippen LogP contribution in [-0.4, -0.2) is 48.4 Å². The van der Waals surface area contributed by atoms with Crippen LogP contribution in [0.5, 0.6) is 0 Å². The van der Waals surface area contributed by atoms with Gasteiger partial charge in [0.2, 0.25) is 5.91 Å². The molecule has 0 aromatic heterocycles. The van der Waals surface area contributed by atoms with Crippen molar-refractivity contribution in [2.45, 2.75) is 65.3 Å². The first-order valence-corrected chi connectivity index (χ1v) is 7.98. The van der Waals surface area contributed by atoms with E-state index in [0.29, 0.717) is 18.5 Å². The summed E-state index contributed by atoms with van der Waals surface area (Å²) in [6.45, 7) is 9.51. The molecule has 1 unspecified atom stereocenters. The fourth-order valence-corrected chi connectivity index (χ4v) is 2.68. The van der Waals surface area contributed by atoms with Crippen molar-refractivity contribution in [3.05, 3.63) is 0 Å². The van der Waals surface area contributed by atoms with Crippen molar-refractivity contribution in [3.8, 4) is 0 Å². The van der Waals surface area contributed by atoms with E-state index in [0.717, 1.165) is 25.4 Å². The predicted octanol–water partition coefficient (Wildman–Crippen LogP) is 3.57. The Bertz CT molecular complexity index is 265. The molecule has 1 atom stereocenters. The second-order valence-corrected chi connectivity index (χ2v) is 6.52. The van der Waals surface area contributed by atoms with E-state index in [1.807, 2.05) is 11.9 Å². The molecule has 1 saturated heterocycles. The highest BCUT2D eigenvalue weighted by atomic mass is 35.5. The number of hydrogen-bond acceptors (Lipinski definition) is 2. The lowest BCUT2D eigenvalue weighted by Gasteiger charge is -2.30. The number of rotatable bonds is 7. The maximum absolute atomic E-state index is 12.2. The lowest BCUT2D eigenvalue weighted by Crippen LogP contribution is -2.43. The molecule has 0 saturated carbocycles. The van der Waals surface area contributed by atoms with Crippen LogP contribution in [0.4, 0.5) is 0 Å². The molecule has 1 fully saturated rings. The number of carbonyl (C=O) groups excluding carboxylic acids is 1. The van der Waals surface area contributed by atoms with Gasteiger partial charge in [0, 0.05) is 13.1 Å². The average molecular weight is 305 g/mol. The van der Waals surface area contributed by atoms with Crippen LogP contribution in [0.25, 0.3) is 0 Å². The molecule has 0 aliphatic carbocycles. The Kier molecular flexibility index (Phi) is 10.3. The number of likely N-dealkylation sites (N-methyl/N-ethyl adjacent to an activating group) is 1. The molecule has 1 heterocycles. The van der Waals surface area contributed by atoms with Gasteiger partial charge in [-0.15, -0.1) is 12.4 Å². The summed E-state index contributed by atoms with van der Waals surface area (Å²) in [5.41, 5.74) is 0. The maximum atomic E-state index is 12.2. The number of carbonyl (C=O) groups is 1. The molecule has 4 heteroatoms. The van der Waals surface area contributed by atoms with Gasteiger partial charge >= 0.3 is 0 Å². The monoisotopic (exact) mass is 304 g/mol. The van der Waals surface area contributed by atoms with Gasteiger partial charge in [-0.1, -0.05) is 33.1 Å². The van der Waals surface area contributed by atoms with E-state index in [-0.39, 0.29) is 12.4 Å². The third-order valence-electron chi connectivity index (χ3n) is 4.27. The number of amides is 1. The fraction of sp³-hybridized carbons (Fsp3) is 0.938. The van der Waals surface area contributed by atoms with Crippen molar-refractivity contribution < 1.29 is 4.79 Å². The van der Waals surface area contributed by atoms with Crippen molar-refractivity contribution in [3.63, 3.8) is 0 Å². The Hall–Kier alpha value is -0.280. The standard InChI is InChI=1S/C16H32N2O.ClH/c1-14(2)9-8-10-15(3)17(4)16(19)13-18-11-6-5-7-12-18;/h14-15H,5-13H2,1-4H3;1H. The van der Waals surface area contributed by atoms with Crippen LogP contribution >= 0.6 is 12.4 Å². The molecule has 3 nitrogen and oxygen atoms in total. The average Bonchev–Trinajstić information content (AvgIpc) is 2.38. The molecule has 0 bridgehead atoms. The minimum atomic E-state index is 0. The molecule has 0 aromatic rings. The molecule has 1 aliphatic rings. The van der Waals surface area contributed by atoms with Gasteiger partial charge in [-0.3, -0.25) is 9.69 Å². The Morgan fingerprint density at radius 1 is 1.10 bits per heavy atom. The van der Waals surface area contributed by atoms with E-state index in [1.54, 1.807) is 0 Å². The van der Waals surface area contributed by atoms with Gasteiger partial charge in [0.25, 0.3) is 0 Å². The van der Waals surface area contributed by atoms with Crippen LogP contribution in [0.15, 0.2) is 0 Å². The highest BCUT2D eigenvalue weighted by Crippen LogP contribution is 2.13. The highest BCUT2D eigenvalue weighted by Gasteiger charge is 2.19. The van der Waals surface area contributed by atoms with Gasteiger partial charge in [-0.25, -0.2) is 0 Å². The van der Waals surface area contributed by atoms with Gasteiger partial charge in [0.05, 0.1) is 6.54 Å². The second-order valence-electron chi connectivity index (χ2n) is 6.52. The molecule has 0 N–H and O–H groups in total. The Balaban J connectivity index is 0.00000361. The van der Waals surface area contributed by atoms with Crippen molar-refractivity contribution in [1.82, 2.24) is 9.80 Å². The van der Waals surface area contributed by atoms with Gasteiger partial charge in [-0.05, 0) is 45.2 Å². The van der Waals surface area contributed by atoms with Crippen molar-refractivity contribution in [1.29, 1.82) is 0 Å². The third kappa shape index (κ3) is 7.49. The number of hydrogen-bond donors (Lipinski definition) is 0. The zero-order valence-corrected chi connectivity index (χ0v) is 14.5. The normalized spacial score (nSPS) is 17.6. The Morgan fingerprint density at radius 3 is 2.25 bits per heavy atom. The molecule has 0 radical (unpaired) electrons. The summed E-state index contributed by atoms with van der Waals surface area (Å²) in [4.78, 5) is 16.5. The lowest BCUT2D eigenvalue weighted by atomic mass is 10.0. The van der Waals surface area contributed by atoms with Crippen molar-refractivity contribution in [2.24, 2.45) is 5.92 Å². The SMILES string of the molecule is CC(C)CCCC(C)N(C)C(=O)CN1CCCCC1.Cl. The van der Waals surface area contributed by atoms with Crippen molar-refractivity contribution in [2.75, 3.05) is 26.7 Å². The van der Waals surface area contributed by atoms with E-state index >= 15 is 0 Å². The van der Waals surface area contributed by atoms with E-state index < -0.39 is 0 Å². The topological polar surface area (TPSA) is 23.6 Å². The molecule has 0 spiro atoms. The molecular weight excluding hydrogens is 272 g/mol. The van der Waals surface area contributed by atoms with Crippen LogP contribution in [0.3, 0.4) is 0 Å². The van der Waals surface area contributed by atoms with Gasteiger partial charge in [0.1, 0.15) is 0 Å². The summed E-state index contributed by atoms with van der Waals surface area (Å²) in [5, 5.41) is 0. The summed E-state index contributed by atoms with van der Waals surface area (Å²) in [6, 6.07) is 0.371. The lowest BCUT2D eigenvalue weighted by molar-refractivity contribution is -0.133. The molecular formula is C16H33ClN2O. The second kappa shape index (κ2) is 10.4. The fourth-order valence-electron chi connectivity index (χ4n) is 2.68.